The summed E-state index contributed by atoms with van der Waals surface area (Å²) < 4.78 is 26.7. The van der Waals surface area contributed by atoms with Crippen LogP contribution in [0.15, 0.2) is 22.5 Å². The van der Waals surface area contributed by atoms with Crippen molar-refractivity contribution >= 4 is 49.8 Å². The van der Waals surface area contributed by atoms with Gasteiger partial charge in [0.15, 0.2) is 4.34 Å². The minimum Gasteiger partial charge on any atom is -0.299 e. The zero-order valence-electron chi connectivity index (χ0n) is 16.2. The van der Waals surface area contributed by atoms with Crippen LogP contribution in [0.4, 0.5) is 10.8 Å². The van der Waals surface area contributed by atoms with Gasteiger partial charge in [-0.25, -0.2) is 8.42 Å². The van der Waals surface area contributed by atoms with E-state index in [1.807, 2.05) is 33.8 Å². The fourth-order valence-corrected chi connectivity index (χ4v) is 5.74. The highest BCUT2D eigenvalue weighted by molar-refractivity contribution is 8.01. The number of thioether (sulfide) groups is 1. The number of aryl methyl sites for hydroxylation is 2. The molecule has 2 aromatic rings. The summed E-state index contributed by atoms with van der Waals surface area (Å²) >= 11 is 2.82. The summed E-state index contributed by atoms with van der Waals surface area (Å²) in [6.07, 6.45) is 1.09. The van der Waals surface area contributed by atoms with Gasteiger partial charge in [-0.15, -0.1) is 10.2 Å². The lowest BCUT2D eigenvalue weighted by Crippen LogP contribution is -2.45. The van der Waals surface area contributed by atoms with Gasteiger partial charge in [0.2, 0.25) is 21.1 Å². The Balaban J connectivity index is 2.26. The molecule has 2 rings (SSSR count). The van der Waals surface area contributed by atoms with Crippen molar-refractivity contribution in [3.8, 4) is 0 Å². The molecule has 0 unspecified atom stereocenters. The lowest BCUT2D eigenvalue weighted by Gasteiger charge is -2.28. The third-order valence-corrected chi connectivity index (χ3v) is 6.69. The summed E-state index contributed by atoms with van der Waals surface area (Å²) in [4.78, 5) is 12.7. The Kier molecular flexibility index (Phi) is 6.87. The number of nitrogens with one attached hydrogen (secondary N) is 1. The van der Waals surface area contributed by atoms with Gasteiger partial charge >= 0.3 is 0 Å². The van der Waals surface area contributed by atoms with E-state index in [4.69, 9.17) is 0 Å². The van der Waals surface area contributed by atoms with Gasteiger partial charge in [-0.2, -0.15) is 0 Å². The molecular formula is C17H24N4O3S3. The van der Waals surface area contributed by atoms with Crippen LogP contribution in [0.1, 0.15) is 31.9 Å². The molecule has 0 bridgehead atoms. The summed E-state index contributed by atoms with van der Waals surface area (Å²) in [5.74, 6) is -0.461. The molecule has 1 N–H and O–H groups in total. The van der Waals surface area contributed by atoms with Gasteiger partial charge in [-0.05, 0) is 44.0 Å². The molecule has 0 aliphatic rings. The van der Waals surface area contributed by atoms with Gasteiger partial charge in [-0.3, -0.25) is 14.4 Å². The fraction of sp³-hybridized carbons (Fsp3) is 0.471. The molecule has 0 spiro atoms. The molecular weight excluding hydrogens is 404 g/mol. The number of benzene rings is 1. The third-order valence-electron chi connectivity index (χ3n) is 3.52. The van der Waals surface area contributed by atoms with E-state index in [1.165, 1.54) is 11.3 Å². The van der Waals surface area contributed by atoms with Crippen molar-refractivity contribution in [2.24, 2.45) is 0 Å². The lowest BCUT2D eigenvalue weighted by molar-refractivity contribution is -0.116. The van der Waals surface area contributed by atoms with E-state index in [1.54, 1.807) is 30.8 Å². The number of amides is 1. The number of carbonyl (C=O) groups is 1. The van der Waals surface area contributed by atoms with Crippen molar-refractivity contribution in [1.82, 2.24) is 10.2 Å². The second-order valence-corrected chi connectivity index (χ2v) is 11.3. The topological polar surface area (TPSA) is 92.3 Å². The van der Waals surface area contributed by atoms with Crippen molar-refractivity contribution in [2.75, 3.05) is 15.9 Å². The standard InChI is InChI=1S/C17H24N4O3S3/c1-10(2)25-17-20-19-16(26-17)18-15(22)13(5)21(27(6,23)24)14-8-11(3)7-12(4)9-14/h7-10,13H,1-6H3,(H,18,19,22)/t13-/m1/s1. The van der Waals surface area contributed by atoms with Crippen LogP contribution in [0.5, 0.6) is 0 Å². The Morgan fingerprint density at radius 2 is 1.74 bits per heavy atom. The Labute approximate surface area is 168 Å². The summed E-state index contributed by atoms with van der Waals surface area (Å²) in [6.45, 7) is 9.41. The lowest BCUT2D eigenvalue weighted by atomic mass is 10.1. The number of sulfonamides is 1. The molecule has 1 heterocycles. The highest BCUT2D eigenvalue weighted by Crippen LogP contribution is 2.29. The van der Waals surface area contributed by atoms with E-state index in [0.717, 1.165) is 26.0 Å². The van der Waals surface area contributed by atoms with Gasteiger partial charge in [-0.1, -0.05) is 43.0 Å². The van der Waals surface area contributed by atoms with Crippen LogP contribution in [-0.4, -0.2) is 42.1 Å². The molecule has 1 aromatic carbocycles. The average molecular weight is 429 g/mol. The molecule has 148 valence electrons. The molecule has 0 aliphatic heterocycles. The summed E-state index contributed by atoms with van der Waals surface area (Å²) in [5, 5.41) is 11.4. The summed E-state index contributed by atoms with van der Waals surface area (Å²) in [5.41, 5.74) is 2.31. The molecule has 0 saturated carbocycles. The first-order valence-electron chi connectivity index (χ1n) is 8.36. The smallest absolute Gasteiger partial charge is 0.249 e. The number of nitrogens with zero attached hydrogens (tertiary/aromatic N) is 3. The molecule has 0 fully saturated rings. The molecule has 7 nitrogen and oxygen atoms in total. The van der Waals surface area contributed by atoms with Gasteiger partial charge < -0.3 is 0 Å². The van der Waals surface area contributed by atoms with Crippen molar-refractivity contribution in [2.45, 2.75) is 50.3 Å². The van der Waals surface area contributed by atoms with Crippen molar-refractivity contribution in [3.05, 3.63) is 29.3 Å². The van der Waals surface area contributed by atoms with Gasteiger partial charge in [0.1, 0.15) is 6.04 Å². The first kappa shape index (κ1) is 21.6. The maximum atomic E-state index is 12.7. The minimum absolute atomic E-state index is 0.351. The van der Waals surface area contributed by atoms with Crippen molar-refractivity contribution in [3.63, 3.8) is 0 Å². The summed E-state index contributed by atoms with van der Waals surface area (Å²) in [6, 6.07) is 4.51. The molecule has 1 atom stereocenters. The van der Waals surface area contributed by atoms with Gasteiger partial charge in [0.05, 0.1) is 11.9 Å². The second-order valence-electron chi connectivity index (χ2n) is 6.61. The highest BCUT2D eigenvalue weighted by Gasteiger charge is 2.30. The van der Waals surface area contributed by atoms with E-state index in [0.29, 0.717) is 16.1 Å². The molecule has 1 amide bonds. The maximum absolute atomic E-state index is 12.7. The van der Waals surface area contributed by atoms with Crippen LogP contribution in [-0.2, 0) is 14.8 Å². The molecule has 0 aliphatic carbocycles. The quantitative estimate of drug-likeness (QED) is 0.536. The number of aromatic nitrogens is 2. The van der Waals surface area contributed by atoms with Crippen molar-refractivity contribution in [1.29, 1.82) is 0 Å². The van der Waals surface area contributed by atoms with Crippen LogP contribution in [0.2, 0.25) is 0 Å². The average Bonchev–Trinajstić information content (AvgIpc) is 2.90. The van der Waals surface area contributed by atoms with Crippen LogP contribution in [0, 0.1) is 13.8 Å². The Morgan fingerprint density at radius 3 is 2.26 bits per heavy atom. The molecule has 0 saturated heterocycles. The first-order valence-corrected chi connectivity index (χ1v) is 11.9. The molecule has 0 radical (unpaired) electrons. The van der Waals surface area contributed by atoms with E-state index < -0.39 is 22.0 Å². The first-order chi connectivity index (χ1) is 12.5. The largest absolute Gasteiger partial charge is 0.299 e. The van der Waals surface area contributed by atoms with E-state index >= 15 is 0 Å². The predicted molar refractivity (Wildman–Crippen MR) is 112 cm³/mol. The van der Waals surface area contributed by atoms with E-state index in [-0.39, 0.29) is 0 Å². The maximum Gasteiger partial charge on any atom is 0.249 e. The number of anilines is 2. The highest BCUT2D eigenvalue weighted by atomic mass is 32.2. The minimum atomic E-state index is -3.66. The molecule has 1 aromatic heterocycles. The number of hydrogen-bond acceptors (Lipinski definition) is 7. The number of hydrogen-bond donors (Lipinski definition) is 1. The normalized spacial score (nSPS) is 12.9. The van der Waals surface area contributed by atoms with Gasteiger partial charge in [0.25, 0.3) is 0 Å². The zero-order chi connectivity index (χ0) is 20.4. The van der Waals surface area contributed by atoms with Crippen molar-refractivity contribution < 1.29 is 13.2 Å². The SMILES string of the molecule is Cc1cc(C)cc(N([C@H](C)C(=O)Nc2nnc(SC(C)C)s2)S(C)(=O)=O)c1. The van der Waals surface area contributed by atoms with Crippen LogP contribution in [0.3, 0.4) is 0 Å². The Hall–Kier alpha value is -1.65. The Bertz CT molecular complexity index is 905. The van der Waals surface area contributed by atoms with Crippen LogP contribution in [0.25, 0.3) is 0 Å². The zero-order valence-corrected chi connectivity index (χ0v) is 18.6. The summed E-state index contributed by atoms with van der Waals surface area (Å²) in [7, 11) is -3.66. The second kappa shape index (κ2) is 8.57. The fourth-order valence-electron chi connectivity index (χ4n) is 2.61. The Morgan fingerprint density at radius 1 is 1.15 bits per heavy atom. The number of rotatable bonds is 7. The predicted octanol–water partition coefficient (Wildman–Crippen LogP) is 3.45. The van der Waals surface area contributed by atoms with Crippen LogP contribution >= 0.6 is 23.1 Å². The molecule has 10 heteroatoms. The van der Waals surface area contributed by atoms with Crippen LogP contribution < -0.4 is 9.62 Å². The van der Waals surface area contributed by atoms with Gasteiger partial charge in [0, 0.05) is 5.25 Å². The third kappa shape index (κ3) is 5.91. The monoisotopic (exact) mass is 428 g/mol. The number of carbonyl (C=O) groups excluding carboxylic acids is 1. The van der Waals surface area contributed by atoms with E-state index in [9.17, 15) is 13.2 Å². The van der Waals surface area contributed by atoms with E-state index in [2.05, 4.69) is 15.5 Å². The molecule has 27 heavy (non-hydrogen) atoms.